The number of aliphatic imine (C=N–C) groups is 1. The van der Waals surface area contributed by atoms with Gasteiger partial charge in [0.2, 0.25) is 0 Å². The van der Waals surface area contributed by atoms with Crippen LogP contribution in [0.4, 0.5) is 4.39 Å². The molecule has 0 aliphatic rings. The molecule has 1 aromatic carbocycles. The molecule has 9 heteroatoms. The Labute approximate surface area is 182 Å². The number of nitrogens with one attached hydrogen (secondary N) is 2. The summed E-state index contributed by atoms with van der Waals surface area (Å²) in [4.78, 5) is 4.46. The number of nitrogens with zero attached hydrogens (tertiary/aromatic N) is 3. The summed E-state index contributed by atoms with van der Waals surface area (Å²) in [7, 11) is 1.80. The normalized spacial score (nSPS) is 14.6. The molecule has 0 spiro atoms. The van der Waals surface area contributed by atoms with Crippen molar-refractivity contribution in [2.45, 2.75) is 32.5 Å². The van der Waals surface area contributed by atoms with Gasteiger partial charge in [0.25, 0.3) is 0 Å². The van der Waals surface area contributed by atoms with Crippen molar-refractivity contribution in [1.29, 1.82) is 0 Å². The van der Waals surface area contributed by atoms with Gasteiger partial charge in [0, 0.05) is 31.4 Å². The molecule has 156 valence electrons. The topological polar surface area (TPSA) is 83.7 Å². The van der Waals surface area contributed by atoms with Crippen LogP contribution in [0.5, 0.6) is 5.75 Å². The monoisotopic (exact) mass is 505 g/mol. The van der Waals surface area contributed by atoms with Crippen molar-refractivity contribution in [3.8, 4) is 5.75 Å². The predicted molar refractivity (Wildman–Crippen MR) is 119 cm³/mol. The molecule has 7 nitrogen and oxygen atoms in total. The molecule has 0 aliphatic heterocycles. The predicted octanol–water partition coefficient (Wildman–Crippen LogP) is 2.41. The Morgan fingerprint density at radius 3 is 2.79 bits per heavy atom. The first kappa shape index (κ1) is 24.2. The maximum absolute atomic E-state index is 13.2. The zero-order chi connectivity index (χ0) is 19.9. The summed E-state index contributed by atoms with van der Waals surface area (Å²) >= 11 is 0. The molecule has 2 unspecified atom stereocenters. The number of hydrogen-bond acceptors (Lipinski definition) is 4. The van der Waals surface area contributed by atoms with Gasteiger partial charge in [-0.05, 0) is 32.9 Å². The summed E-state index contributed by atoms with van der Waals surface area (Å²) in [6.07, 6.45) is 3.20. The number of aryl methyl sites for hydroxylation is 1. The summed E-state index contributed by atoms with van der Waals surface area (Å²) in [5, 5.41) is 21.0. The molecule has 0 radical (unpaired) electrons. The van der Waals surface area contributed by atoms with Crippen LogP contribution in [0.25, 0.3) is 0 Å². The van der Waals surface area contributed by atoms with Gasteiger partial charge in [-0.2, -0.15) is 5.10 Å². The van der Waals surface area contributed by atoms with Gasteiger partial charge in [-0.3, -0.25) is 4.68 Å². The minimum atomic E-state index is -1.12. The Morgan fingerprint density at radius 1 is 1.43 bits per heavy atom. The van der Waals surface area contributed by atoms with Crippen LogP contribution < -0.4 is 15.4 Å². The molecule has 0 amide bonds. The van der Waals surface area contributed by atoms with E-state index >= 15 is 0 Å². The number of halogens is 2. The lowest BCUT2D eigenvalue weighted by atomic mass is 10.0. The first-order chi connectivity index (χ1) is 12.8. The summed E-state index contributed by atoms with van der Waals surface area (Å²) in [6.45, 7) is 6.87. The van der Waals surface area contributed by atoms with Crippen LogP contribution in [0.3, 0.4) is 0 Å². The van der Waals surface area contributed by atoms with Gasteiger partial charge in [0.15, 0.2) is 5.96 Å². The fraction of sp³-hybridized carbons (Fsp3) is 0.474. The Kier molecular flexibility index (Phi) is 9.66. The summed E-state index contributed by atoms with van der Waals surface area (Å²) in [5.41, 5.74) is -0.423. The third-order valence-corrected chi connectivity index (χ3v) is 3.91. The molecule has 2 rings (SSSR count). The van der Waals surface area contributed by atoms with Gasteiger partial charge in [0.05, 0.1) is 19.3 Å². The number of guanidine groups is 1. The van der Waals surface area contributed by atoms with Crippen LogP contribution in [-0.4, -0.2) is 46.6 Å². The van der Waals surface area contributed by atoms with E-state index < -0.39 is 5.60 Å². The number of hydrogen-bond donors (Lipinski definition) is 3. The molecule has 0 bridgehead atoms. The number of benzene rings is 1. The van der Waals surface area contributed by atoms with Crippen molar-refractivity contribution in [3.63, 3.8) is 0 Å². The lowest BCUT2D eigenvalue weighted by Crippen LogP contribution is -2.42. The van der Waals surface area contributed by atoms with Crippen LogP contribution in [0.2, 0.25) is 0 Å². The van der Waals surface area contributed by atoms with E-state index in [0.29, 0.717) is 30.4 Å². The first-order valence-corrected chi connectivity index (χ1v) is 8.96. The maximum atomic E-state index is 13.2. The lowest BCUT2D eigenvalue weighted by molar-refractivity contribution is 0.0671. The molecular weight excluding hydrogens is 476 g/mol. The number of ether oxygens (including phenoxy) is 1. The van der Waals surface area contributed by atoms with E-state index in [1.165, 1.54) is 12.1 Å². The van der Waals surface area contributed by atoms with E-state index in [0.717, 1.165) is 0 Å². The zero-order valence-electron chi connectivity index (χ0n) is 16.6. The largest absolute Gasteiger partial charge is 0.489 e. The second-order valence-corrected chi connectivity index (χ2v) is 6.64. The summed E-state index contributed by atoms with van der Waals surface area (Å²) in [6, 6.07) is 6.04. The molecule has 0 aliphatic carbocycles. The highest BCUT2D eigenvalue weighted by Crippen LogP contribution is 2.19. The molecule has 1 heterocycles. The lowest BCUT2D eigenvalue weighted by Gasteiger charge is -2.21. The highest BCUT2D eigenvalue weighted by atomic mass is 127. The molecule has 3 N–H and O–H groups in total. The van der Waals surface area contributed by atoms with E-state index in [2.05, 4.69) is 20.7 Å². The third kappa shape index (κ3) is 7.63. The Hall–Kier alpha value is -1.88. The van der Waals surface area contributed by atoms with Crippen molar-refractivity contribution in [2.75, 3.05) is 19.6 Å². The average Bonchev–Trinajstić information content (AvgIpc) is 3.05. The molecule has 2 aromatic rings. The molecule has 28 heavy (non-hydrogen) atoms. The fourth-order valence-electron chi connectivity index (χ4n) is 2.42. The SMILES string of the molecule is CCNC(=NCC(C)(O)c1cnn(C)c1)NCC(C)Oc1cccc(F)c1.I. The fourth-order valence-corrected chi connectivity index (χ4v) is 2.42. The van der Waals surface area contributed by atoms with Crippen molar-refractivity contribution >= 4 is 29.9 Å². The van der Waals surface area contributed by atoms with Gasteiger partial charge in [-0.25, -0.2) is 9.38 Å². The highest BCUT2D eigenvalue weighted by molar-refractivity contribution is 14.0. The van der Waals surface area contributed by atoms with Crippen molar-refractivity contribution in [1.82, 2.24) is 20.4 Å². The van der Waals surface area contributed by atoms with Crippen molar-refractivity contribution in [3.05, 3.63) is 48.0 Å². The van der Waals surface area contributed by atoms with Crippen LogP contribution in [-0.2, 0) is 12.6 Å². The zero-order valence-corrected chi connectivity index (χ0v) is 19.0. The van der Waals surface area contributed by atoms with E-state index in [4.69, 9.17) is 4.74 Å². The van der Waals surface area contributed by atoms with E-state index in [-0.39, 0.29) is 42.4 Å². The Bertz CT molecular complexity index is 766. The van der Waals surface area contributed by atoms with Gasteiger partial charge >= 0.3 is 0 Å². The summed E-state index contributed by atoms with van der Waals surface area (Å²) < 4.78 is 20.6. The Balaban J connectivity index is 0.00000392. The second kappa shape index (κ2) is 11.2. The minimum Gasteiger partial charge on any atom is -0.489 e. The molecule has 2 atom stereocenters. The second-order valence-electron chi connectivity index (χ2n) is 6.64. The highest BCUT2D eigenvalue weighted by Gasteiger charge is 2.24. The standard InChI is InChI=1S/C19H28FN5O2.HI/c1-5-21-18(23-13-19(3,26)15-11-24-25(4)12-15)22-10-14(2)27-17-8-6-7-16(20)9-17;/h6-9,11-12,14,26H,5,10,13H2,1-4H3,(H2,21,22,23);1H. The average molecular weight is 505 g/mol. The van der Waals surface area contributed by atoms with Gasteiger partial charge < -0.3 is 20.5 Å². The van der Waals surface area contributed by atoms with Crippen molar-refractivity contribution < 1.29 is 14.2 Å². The van der Waals surface area contributed by atoms with Crippen LogP contribution in [0, 0.1) is 5.82 Å². The van der Waals surface area contributed by atoms with Gasteiger partial charge in [-0.15, -0.1) is 24.0 Å². The number of rotatable bonds is 8. The maximum Gasteiger partial charge on any atom is 0.191 e. The van der Waals surface area contributed by atoms with Crippen LogP contribution >= 0.6 is 24.0 Å². The molecule has 1 aromatic heterocycles. The van der Waals surface area contributed by atoms with Crippen LogP contribution in [0.15, 0.2) is 41.7 Å². The van der Waals surface area contributed by atoms with E-state index in [1.54, 1.807) is 43.2 Å². The smallest absolute Gasteiger partial charge is 0.191 e. The quantitative estimate of drug-likeness (QED) is 0.292. The first-order valence-electron chi connectivity index (χ1n) is 8.96. The minimum absolute atomic E-state index is 0. The van der Waals surface area contributed by atoms with Crippen molar-refractivity contribution in [2.24, 2.45) is 12.0 Å². The van der Waals surface area contributed by atoms with E-state index in [9.17, 15) is 9.50 Å². The molecular formula is C19H29FIN5O2. The van der Waals surface area contributed by atoms with Crippen LogP contribution in [0.1, 0.15) is 26.3 Å². The van der Waals surface area contributed by atoms with Gasteiger partial charge in [0.1, 0.15) is 23.3 Å². The van der Waals surface area contributed by atoms with E-state index in [1.807, 2.05) is 13.8 Å². The third-order valence-electron chi connectivity index (χ3n) is 3.91. The molecule has 0 saturated heterocycles. The number of aromatic nitrogens is 2. The number of aliphatic hydroxyl groups is 1. The molecule has 0 saturated carbocycles. The molecule has 0 fully saturated rings. The Morgan fingerprint density at radius 2 is 2.18 bits per heavy atom. The van der Waals surface area contributed by atoms with Gasteiger partial charge in [-0.1, -0.05) is 6.07 Å². The summed E-state index contributed by atoms with van der Waals surface area (Å²) in [5.74, 6) is 0.710.